The molecule has 2 aliphatic rings. The number of aromatic nitrogens is 2. The third kappa shape index (κ3) is 4.92. The van der Waals surface area contributed by atoms with Gasteiger partial charge in [0.15, 0.2) is 9.84 Å². The van der Waals surface area contributed by atoms with Crippen molar-refractivity contribution in [3.8, 4) is 22.1 Å². The predicted molar refractivity (Wildman–Crippen MR) is 128 cm³/mol. The van der Waals surface area contributed by atoms with Crippen LogP contribution in [0.3, 0.4) is 0 Å². The number of thiazole rings is 1. The summed E-state index contributed by atoms with van der Waals surface area (Å²) in [6.07, 6.45) is 7.02. The van der Waals surface area contributed by atoms with E-state index < -0.39 is 15.9 Å². The Balaban J connectivity index is 1.41. The van der Waals surface area contributed by atoms with Gasteiger partial charge in [0.2, 0.25) is 5.88 Å². The zero-order chi connectivity index (χ0) is 23.7. The highest BCUT2D eigenvalue weighted by Crippen LogP contribution is 2.43. The number of ether oxygens (including phenoxy) is 2. The number of sulfone groups is 1. The zero-order valence-electron chi connectivity index (χ0n) is 18.4. The van der Waals surface area contributed by atoms with Crippen molar-refractivity contribution in [1.29, 1.82) is 0 Å². The van der Waals surface area contributed by atoms with E-state index in [-0.39, 0.29) is 22.2 Å². The van der Waals surface area contributed by atoms with Crippen molar-refractivity contribution in [1.82, 2.24) is 9.97 Å². The van der Waals surface area contributed by atoms with Gasteiger partial charge in [0, 0.05) is 36.0 Å². The molecular formula is C24H25N3O5S2. The largest absolute Gasteiger partial charge is 0.446 e. The zero-order valence-corrected chi connectivity index (χ0v) is 20.1. The van der Waals surface area contributed by atoms with E-state index in [4.69, 9.17) is 15.2 Å². The minimum absolute atomic E-state index is 0.143. The number of hydrogen-bond donors (Lipinski definition) is 1. The van der Waals surface area contributed by atoms with Gasteiger partial charge in [-0.05, 0) is 56.7 Å². The molecule has 0 aliphatic heterocycles. The smallest absolute Gasteiger partial charge is 0.404 e. The lowest BCUT2D eigenvalue weighted by Crippen LogP contribution is -2.26. The molecule has 8 nitrogen and oxygen atoms in total. The van der Waals surface area contributed by atoms with Gasteiger partial charge in [-0.1, -0.05) is 6.07 Å². The summed E-state index contributed by atoms with van der Waals surface area (Å²) in [7, 11) is -3.48. The molecule has 2 fully saturated rings. The summed E-state index contributed by atoms with van der Waals surface area (Å²) in [5.74, 6) is 1.09. The van der Waals surface area contributed by atoms with Crippen molar-refractivity contribution < 1.29 is 22.7 Å². The van der Waals surface area contributed by atoms with E-state index in [0.717, 1.165) is 35.6 Å². The molecule has 1 amide bonds. The van der Waals surface area contributed by atoms with Gasteiger partial charge in [0.1, 0.15) is 11.9 Å². The van der Waals surface area contributed by atoms with Crippen molar-refractivity contribution in [2.75, 3.05) is 0 Å². The van der Waals surface area contributed by atoms with E-state index in [2.05, 4.69) is 9.97 Å². The van der Waals surface area contributed by atoms with E-state index >= 15 is 0 Å². The minimum atomic E-state index is -3.48. The SMILES string of the molecule is NC(=O)OC1CCC(c2ncc(-c3ccc(Oc4ccccn4)cc3S(=O)(=O)C3CC3)s2)CC1. The third-order valence-electron chi connectivity index (χ3n) is 6.18. The first-order valence-corrected chi connectivity index (χ1v) is 13.7. The molecular weight excluding hydrogens is 474 g/mol. The second-order valence-corrected chi connectivity index (χ2v) is 11.9. The summed E-state index contributed by atoms with van der Waals surface area (Å²) < 4.78 is 37.5. The molecule has 1 aromatic carbocycles. The topological polar surface area (TPSA) is 121 Å². The average Bonchev–Trinajstić information content (AvgIpc) is 3.58. The van der Waals surface area contributed by atoms with E-state index in [1.165, 1.54) is 11.3 Å². The maximum Gasteiger partial charge on any atom is 0.404 e. The maximum atomic E-state index is 13.3. The lowest BCUT2D eigenvalue weighted by molar-refractivity contribution is 0.0787. The molecule has 34 heavy (non-hydrogen) atoms. The Hall–Kier alpha value is -2.98. The van der Waals surface area contributed by atoms with Gasteiger partial charge in [-0.15, -0.1) is 11.3 Å². The number of carbonyl (C=O) groups excluding carboxylic acids is 1. The molecule has 2 aliphatic carbocycles. The molecule has 5 rings (SSSR count). The number of pyridine rings is 1. The molecule has 0 atom stereocenters. The monoisotopic (exact) mass is 499 g/mol. The van der Waals surface area contributed by atoms with Gasteiger partial charge >= 0.3 is 6.09 Å². The summed E-state index contributed by atoms with van der Waals surface area (Å²) >= 11 is 1.52. The van der Waals surface area contributed by atoms with Crippen LogP contribution < -0.4 is 10.5 Å². The Kier molecular flexibility index (Phi) is 6.26. The molecule has 0 spiro atoms. The molecule has 0 saturated heterocycles. The van der Waals surface area contributed by atoms with Crippen LogP contribution in [0.5, 0.6) is 11.6 Å². The summed E-state index contributed by atoms with van der Waals surface area (Å²) in [6, 6.07) is 10.5. The van der Waals surface area contributed by atoms with Crippen LogP contribution in [0.4, 0.5) is 4.79 Å². The number of nitrogens with zero attached hydrogens (tertiary/aromatic N) is 2. The molecule has 178 valence electrons. The quantitative estimate of drug-likeness (QED) is 0.482. The van der Waals surface area contributed by atoms with Crippen LogP contribution in [0, 0.1) is 0 Å². The molecule has 3 aromatic rings. The predicted octanol–water partition coefficient (Wildman–Crippen LogP) is 5.06. The van der Waals surface area contributed by atoms with Gasteiger partial charge in [0.05, 0.1) is 20.0 Å². The molecule has 2 N–H and O–H groups in total. The van der Waals surface area contributed by atoms with Gasteiger partial charge < -0.3 is 15.2 Å². The van der Waals surface area contributed by atoms with E-state index in [1.54, 1.807) is 42.7 Å². The van der Waals surface area contributed by atoms with Crippen LogP contribution in [0.15, 0.2) is 53.7 Å². The second-order valence-electron chi connectivity index (χ2n) is 8.65. The number of primary amides is 1. The van der Waals surface area contributed by atoms with E-state index in [1.807, 2.05) is 6.07 Å². The Bertz CT molecular complexity index is 1280. The molecule has 2 saturated carbocycles. The number of rotatable bonds is 7. The first-order chi connectivity index (χ1) is 16.4. The molecule has 0 bridgehead atoms. The van der Waals surface area contributed by atoms with Crippen LogP contribution in [0.1, 0.15) is 49.5 Å². The van der Waals surface area contributed by atoms with Crippen LogP contribution in [0.2, 0.25) is 0 Å². The first kappa shape index (κ1) is 22.8. The standard InChI is InChI=1S/C24H25N3O5S2/c25-24(28)32-16-6-4-15(5-7-16)23-27-14-20(33-23)19-11-8-17(31-22-3-1-2-12-26-22)13-21(19)34(29,30)18-9-10-18/h1-3,8,11-16,18H,4-7,9-10H2,(H2,25,28). The third-order valence-corrected chi connectivity index (χ3v) is 9.67. The van der Waals surface area contributed by atoms with Gasteiger partial charge in [0.25, 0.3) is 0 Å². The number of amides is 1. The molecule has 0 radical (unpaired) electrons. The number of benzene rings is 1. The summed E-state index contributed by atoms with van der Waals surface area (Å²) in [5, 5.41) is 0.625. The van der Waals surface area contributed by atoms with Crippen LogP contribution in [0.25, 0.3) is 10.4 Å². The summed E-state index contributed by atoms with van der Waals surface area (Å²) in [6.45, 7) is 0. The Labute approximate surface area is 202 Å². The van der Waals surface area contributed by atoms with Gasteiger partial charge in [-0.3, -0.25) is 0 Å². The molecule has 2 aromatic heterocycles. The van der Waals surface area contributed by atoms with Crippen molar-refractivity contribution in [2.45, 2.75) is 60.7 Å². The lowest BCUT2D eigenvalue weighted by atomic mass is 9.88. The average molecular weight is 500 g/mol. The molecule has 10 heteroatoms. The van der Waals surface area contributed by atoms with Crippen molar-refractivity contribution in [2.24, 2.45) is 5.73 Å². The van der Waals surface area contributed by atoms with Gasteiger partial charge in [-0.2, -0.15) is 0 Å². The van der Waals surface area contributed by atoms with Crippen molar-refractivity contribution in [3.63, 3.8) is 0 Å². The number of carbonyl (C=O) groups is 1. The fourth-order valence-corrected chi connectivity index (χ4v) is 7.36. The Morgan fingerprint density at radius 1 is 1.03 bits per heavy atom. The molecule has 0 unspecified atom stereocenters. The lowest BCUT2D eigenvalue weighted by Gasteiger charge is -2.26. The fraction of sp³-hybridized carbons (Fsp3) is 0.375. The summed E-state index contributed by atoms with van der Waals surface area (Å²) in [4.78, 5) is 20.9. The second kappa shape index (κ2) is 9.34. The minimum Gasteiger partial charge on any atom is -0.446 e. The maximum absolute atomic E-state index is 13.3. The van der Waals surface area contributed by atoms with Gasteiger partial charge in [-0.25, -0.2) is 23.2 Å². The number of nitrogens with two attached hydrogens (primary N) is 1. The Morgan fingerprint density at radius 2 is 1.82 bits per heavy atom. The summed E-state index contributed by atoms with van der Waals surface area (Å²) in [5.41, 5.74) is 5.78. The van der Waals surface area contributed by atoms with E-state index in [0.29, 0.717) is 30.0 Å². The van der Waals surface area contributed by atoms with Crippen molar-refractivity contribution in [3.05, 3.63) is 53.8 Å². The van der Waals surface area contributed by atoms with Crippen LogP contribution >= 0.6 is 11.3 Å². The number of hydrogen-bond acceptors (Lipinski definition) is 8. The highest BCUT2D eigenvalue weighted by Gasteiger charge is 2.39. The van der Waals surface area contributed by atoms with Crippen molar-refractivity contribution >= 4 is 27.3 Å². The normalized spacial score (nSPS) is 20.6. The van der Waals surface area contributed by atoms with E-state index in [9.17, 15) is 13.2 Å². The molecule has 2 heterocycles. The van der Waals surface area contributed by atoms with Crippen LogP contribution in [-0.2, 0) is 14.6 Å². The highest BCUT2D eigenvalue weighted by atomic mass is 32.2. The fourth-order valence-electron chi connectivity index (χ4n) is 4.28. The highest BCUT2D eigenvalue weighted by molar-refractivity contribution is 7.92. The van der Waals surface area contributed by atoms with Crippen LogP contribution in [-0.4, -0.2) is 35.8 Å². The first-order valence-electron chi connectivity index (χ1n) is 11.3. The Morgan fingerprint density at radius 3 is 2.50 bits per heavy atom.